The Morgan fingerprint density at radius 1 is 0.130 bits per heavy atom. The predicted octanol–water partition coefficient (Wildman–Crippen LogP) is 36.9. The Kier molecular flexibility index (Phi) is 26.2. The van der Waals surface area contributed by atoms with Crippen LogP contribution < -0.4 is 0 Å². The van der Waals surface area contributed by atoms with Crippen molar-refractivity contribution < 1.29 is 211 Å². The van der Waals surface area contributed by atoms with Gasteiger partial charge in [0.05, 0.1) is 100 Å². The summed E-state index contributed by atoms with van der Waals surface area (Å²) in [5.41, 5.74) is -87.7. The third-order valence-corrected chi connectivity index (χ3v) is 23.2. The highest BCUT2D eigenvalue weighted by Gasteiger charge is 2.62. The smallest absolute Gasteiger partial charge is 0.262 e. The van der Waals surface area contributed by atoms with E-state index in [4.69, 9.17) is 7.05 Å². The molecule has 0 fully saturated rings. The molecule has 0 N–H and O–H groups in total. The van der Waals surface area contributed by atoms with Gasteiger partial charge in [-0.2, -0.15) is 211 Å². The van der Waals surface area contributed by atoms with Gasteiger partial charge < -0.3 is 0 Å². The number of fused-ring (bicyclic) bond motifs is 1. The van der Waals surface area contributed by atoms with Crippen molar-refractivity contribution in [1.82, 2.24) is 4.90 Å². The fourth-order valence-corrected chi connectivity index (χ4v) is 16.8. The van der Waals surface area contributed by atoms with Gasteiger partial charge >= 0.3 is 98.8 Å². The lowest BCUT2D eigenvalue weighted by atomic mass is 9.73. The lowest BCUT2D eigenvalue weighted by molar-refractivity contribution is -0.144. The summed E-state index contributed by atoms with van der Waals surface area (Å²) in [6.07, 6.45) is -99.2. The molecule has 0 unspecified atom stereocenters. The lowest BCUT2D eigenvalue weighted by Crippen LogP contribution is -2.50. The Balaban J connectivity index is 1.37. The SMILES string of the molecule is [CH]N1C(c2cc(-c3cc(C(F)(F)F)cc(C(F)(F)F)c3)cc(-c3cc(C(F)(F)F)cc(C(F)(F)F)c3)c2)(c2cc(-c3cc(C(F)(F)F)cc(C(F)(F)F)c3)cc(-c3cc(C(F)(F)F)cc(C(F)(F)F)c3)c2)c2ccccc2C1(c1cc(-c2cc(C(F)(F)F)cc(C(F)(F)F)c2)cc(-c2cc(C(F)(F)F)cc(C(F)(F)F)c2)c1)c1cc(-c2cc(C(F)(F)F)cc(C(F)(F)F)c2)cc(-c2cc(C(F)(F)F)cc(C(F)(F)F)c2)c1. The van der Waals surface area contributed by atoms with Crippen molar-refractivity contribution in [3.63, 3.8) is 0 Å². The molecular weight excluding hydrogens is 2090 g/mol. The number of rotatable bonds is 12. The first-order valence-electron chi connectivity index (χ1n) is 39.9. The summed E-state index contributed by atoms with van der Waals surface area (Å²) in [4.78, 5) is -0.371. The van der Waals surface area contributed by atoms with Gasteiger partial charge in [-0.25, -0.2) is 0 Å². The van der Waals surface area contributed by atoms with Crippen LogP contribution >= 0.6 is 0 Å². The molecule has 0 aromatic heterocycles. The number of hydrogen-bond acceptors (Lipinski definition) is 1. The summed E-state index contributed by atoms with van der Waals surface area (Å²) >= 11 is 0. The predicted molar refractivity (Wildman–Crippen MR) is 422 cm³/mol. The van der Waals surface area contributed by atoms with Gasteiger partial charge in [-0.1, -0.05) is 24.3 Å². The molecule has 0 amide bonds. The van der Waals surface area contributed by atoms with Crippen molar-refractivity contribution in [2.75, 3.05) is 0 Å². The molecule has 2 radical (unpaired) electrons. The zero-order valence-electron chi connectivity index (χ0n) is 70.3. The third kappa shape index (κ3) is 21.7. The fourth-order valence-electron chi connectivity index (χ4n) is 16.8. The zero-order valence-corrected chi connectivity index (χ0v) is 70.3. The molecule has 1 heterocycles. The molecule has 0 spiro atoms. The molecular formula is C97H41F48N. The van der Waals surface area contributed by atoms with Crippen LogP contribution in [0.15, 0.2) is 243 Å². The third-order valence-electron chi connectivity index (χ3n) is 23.2. The molecule has 0 aliphatic carbocycles. The summed E-state index contributed by atoms with van der Waals surface area (Å²) in [5, 5.41) is 0. The summed E-state index contributed by atoms with van der Waals surface area (Å²) in [7, 11) is 7.93. The van der Waals surface area contributed by atoms with E-state index >= 15 is 211 Å². The molecule has 13 aromatic carbocycles. The van der Waals surface area contributed by atoms with E-state index in [2.05, 4.69) is 0 Å². The Morgan fingerprint density at radius 2 is 0.219 bits per heavy atom. The van der Waals surface area contributed by atoms with Crippen LogP contribution in [0, 0.1) is 7.05 Å². The van der Waals surface area contributed by atoms with Gasteiger partial charge in [0.2, 0.25) is 0 Å². The molecule has 146 heavy (non-hydrogen) atoms. The van der Waals surface area contributed by atoms with Gasteiger partial charge in [-0.3, -0.25) is 4.90 Å². The molecule has 1 aliphatic rings. The first kappa shape index (κ1) is 108. The second kappa shape index (κ2) is 35.4. The van der Waals surface area contributed by atoms with E-state index < -0.39 is 370 Å². The number of alkyl halides is 48. The van der Waals surface area contributed by atoms with Crippen molar-refractivity contribution >= 4 is 0 Å². The Bertz CT molecular complexity index is 5820. The maximum Gasteiger partial charge on any atom is 0.416 e. The first-order valence-corrected chi connectivity index (χ1v) is 39.9. The van der Waals surface area contributed by atoms with Crippen LogP contribution in [0.2, 0.25) is 0 Å². The van der Waals surface area contributed by atoms with E-state index in [9.17, 15) is 0 Å². The molecule has 0 atom stereocenters. The van der Waals surface area contributed by atoms with Crippen molar-refractivity contribution in [2.24, 2.45) is 0 Å². The molecule has 1 nitrogen and oxygen atoms in total. The van der Waals surface area contributed by atoms with E-state index in [1.807, 2.05) is 0 Å². The van der Waals surface area contributed by atoms with Crippen molar-refractivity contribution in [3.05, 3.63) is 372 Å². The largest absolute Gasteiger partial charge is 0.416 e. The average Bonchev–Trinajstić information content (AvgIpc) is 1.50. The molecule has 0 saturated heterocycles. The summed E-state index contributed by atoms with van der Waals surface area (Å²) in [6.45, 7) is 0. The van der Waals surface area contributed by atoms with Crippen LogP contribution in [0.1, 0.15) is 122 Å². The van der Waals surface area contributed by atoms with Gasteiger partial charge in [-0.05, 0) is 341 Å². The highest BCUT2D eigenvalue weighted by Crippen LogP contribution is 2.65. The van der Waals surface area contributed by atoms with Gasteiger partial charge in [0.1, 0.15) is 0 Å². The topological polar surface area (TPSA) is 3.24 Å². The quantitative estimate of drug-likeness (QED) is 0.110. The number of nitrogens with zero attached hydrogens (tertiary/aromatic N) is 1. The van der Waals surface area contributed by atoms with E-state index in [1.165, 1.54) is 0 Å². The minimum atomic E-state index is -6.20. The van der Waals surface area contributed by atoms with Crippen LogP contribution in [0.3, 0.4) is 0 Å². The fraction of sp³-hybridized carbons (Fsp3) is 0.186. The average molecular weight is 2130 g/mol. The van der Waals surface area contributed by atoms with Crippen LogP contribution in [0.4, 0.5) is 211 Å². The zero-order chi connectivity index (χ0) is 109. The monoisotopic (exact) mass is 2130 g/mol. The summed E-state index contributed by atoms with van der Waals surface area (Å²) in [6, 6.07) is -10.1. The number of halogens is 48. The van der Waals surface area contributed by atoms with E-state index in [0.29, 0.717) is 24.3 Å². The van der Waals surface area contributed by atoms with Crippen LogP contribution in [0.25, 0.3) is 89.0 Å². The molecule has 14 rings (SSSR count). The molecule has 13 aromatic rings. The lowest BCUT2D eigenvalue weighted by Gasteiger charge is -2.47. The van der Waals surface area contributed by atoms with Crippen molar-refractivity contribution in [3.8, 4) is 89.0 Å². The summed E-state index contributed by atoms with van der Waals surface area (Å²) in [5.74, 6) is 0. The number of benzene rings is 13. The Labute approximate surface area is 784 Å². The molecule has 770 valence electrons. The maximum absolute atomic E-state index is 15.5. The van der Waals surface area contributed by atoms with Crippen LogP contribution in [-0.2, 0) is 110 Å². The normalized spacial score (nSPS) is 14.8. The first-order chi connectivity index (χ1) is 66.2. The highest BCUT2D eigenvalue weighted by molar-refractivity contribution is 5.86. The minimum Gasteiger partial charge on any atom is -0.262 e. The second-order valence-electron chi connectivity index (χ2n) is 32.9. The van der Waals surface area contributed by atoms with Gasteiger partial charge in [0.15, 0.2) is 0 Å². The maximum atomic E-state index is 15.5. The Morgan fingerprint density at radius 3 is 0.308 bits per heavy atom. The standard InChI is InChI=1S/C97H41F48N/c1-146-80(58-10-42(50-18-62(82(98,99)100)34-63(19-50)83(101,102)103)6-43(11-58)51-20-64(84(104,105)106)35-65(21-51)85(107,108)109,59-12-44(52-22-66(86(110,111)112)36-67(23-52)87(113,114)115)7-45(13-59)53-24-68(88(116,117)118)37-69(25-53)89(119,120)121)78-4-2-3-5-79(78)81(146,60-14-46(54-26-70(90(122,123)124)38-71(27-54)91(125,126)127)8-47(15-60)55-28-72(92(128,129)130)39-73(29-55)93(131,132)133)61-16-48(56-30-74(94(134,135)136)40-75(31-56)95(137,138)139)9-49(17-61)57-32-76(96(140,141)142)41-77(33-57)97(143,144)145/h1-41H. The molecule has 49 heteroatoms. The van der Waals surface area contributed by atoms with Crippen LogP contribution in [0.5, 0.6) is 0 Å². The minimum absolute atomic E-state index is 0.00343. The van der Waals surface area contributed by atoms with E-state index in [0.717, 1.165) is 0 Å². The van der Waals surface area contributed by atoms with Gasteiger partial charge in [-0.15, -0.1) is 0 Å². The summed E-state index contributed by atoms with van der Waals surface area (Å²) < 4.78 is 745. The van der Waals surface area contributed by atoms with E-state index in [-0.39, 0.29) is 175 Å². The molecule has 0 saturated carbocycles. The number of hydrogen-bond donors (Lipinski definition) is 0. The van der Waals surface area contributed by atoms with Crippen molar-refractivity contribution in [2.45, 2.75) is 110 Å². The van der Waals surface area contributed by atoms with Crippen LogP contribution in [-0.4, -0.2) is 4.90 Å². The van der Waals surface area contributed by atoms with Gasteiger partial charge in [0.25, 0.3) is 0 Å². The van der Waals surface area contributed by atoms with Crippen molar-refractivity contribution in [1.29, 1.82) is 0 Å². The van der Waals surface area contributed by atoms with E-state index in [1.54, 1.807) is 0 Å². The highest BCUT2D eigenvalue weighted by atomic mass is 19.5. The second-order valence-corrected chi connectivity index (χ2v) is 32.9. The Hall–Kier alpha value is -13.5. The van der Waals surface area contributed by atoms with Gasteiger partial charge in [0, 0.05) is 7.05 Å². The molecule has 0 bridgehead atoms. The molecule has 1 aliphatic heterocycles.